The molecule has 110 valence electrons. The van der Waals surface area contributed by atoms with Gasteiger partial charge in [-0.05, 0) is 19.1 Å². The Morgan fingerprint density at radius 3 is 2.25 bits per heavy atom. The first-order chi connectivity index (χ1) is 9.27. The molecule has 20 heavy (non-hydrogen) atoms. The third-order valence-corrected chi connectivity index (χ3v) is 4.02. The first-order valence-electron chi connectivity index (χ1n) is 5.45. The number of amides is 3. The van der Waals surface area contributed by atoms with Gasteiger partial charge in [-0.15, -0.1) is 0 Å². The van der Waals surface area contributed by atoms with Crippen molar-refractivity contribution in [2.75, 3.05) is 12.8 Å². The molecule has 0 spiro atoms. The average Bonchev–Trinajstić information content (AvgIpc) is 2.36. The van der Waals surface area contributed by atoms with Crippen molar-refractivity contribution in [1.82, 2.24) is 10.6 Å². The second-order valence-corrected chi connectivity index (χ2v) is 5.53. The van der Waals surface area contributed by atoms with Crippen LogP contribution < -0.4 is 16.4 Å². The summed E-state index contributed by atoms with van der Waals surface area (Å²) in [6, 6.07) is 0.802. The first-order valence-corrected chi connectivity index (χ1v) is 6.67. The lowest BCUT2D eigenvalue weighted by molar-refractivity contribution is -0.119. The van der Waals surface area contributed by atoms with Gasteiger partial charge in [0.15, 0.2) is 0 Å². The SMILES string of the molecule is CNC(=O)NC(=O)C(C)S(=O)c1c(F)cc(N)cc1F. The zero-order chi connectivity index (χ0) is 15.4. The van der Waals surface area contributed by atoms with Crippen LogP contribution >= 0.6 is 0 Å². The smallest absolute Gasteiger partial charge is 0.321 e. The molecule has 0 heterocycles. The van der Waals surface area contributed by atoms with E-state index in [-0.39, 0.29) is 5.69 Å². The normalized spacial score (nSPS) is 13.4. The number of nitrogens with two attached hydrogens (primary N) is 1. The van der Waals surface area contributed by atoms with Crippen LogP contribution in [0.4, 0.5) is 19.3 Å². The van der Waals surface area contributed by atoms with E-state index in [0.29, 0.717) is 0 Å². The van der Waals surface area contributed by atoms with Crippen LogP contribution in [-0.4, -0.2) is 28.4 Å². The second-order valence-electron chi connectivity index (χ2n) is 3.82. The fraction of sp³-hybridized carbons (Fsp3) is 0.273. The van der Waals surface area contributed by atoms with E-state index in [1.165, 1.54) is 14.0 Å². The Hall–Kier alpha value is -2.03. The predicted molar refractivity (Wildman–Crippen MR) is 69.2 cm³/mol. The summed E-state index contributed by atoms with van der Waals surface area (Å²) in [5, 5.41) is 2.68. The zero-order valence-corrected chi connectivity index (χ0v) is 11.5. The molecule has 1 rings (SSSR count). The molecule has 3 amide bonds. The maximum Gasteiger partial charge on any atom is 0.321 e. The number of hydrogen-bond acceptors (Lipinski definition) is 4. The van der Waals surface area contributed by atoms with Crippen LogP contribution in [-0.2, 0) is 15.6 Å². The van der Waals surface area contributed by atoms with Gasteiger partial charge in [-0.3, -0.25) is 14.3 Å². The number of imide groups is 1. The molecule has 2 unspecified atom stereocenters. The Labute approximate surface area is 116 Å². The van der Waals surface area contributed by atoms with Crippen LogP contribution in [0.25, 0.3) is 0 Å². The van der Waals surface area contributed by atoms with Gasteiger partial charge >= 0.3 is 6.03 Å². The number of nitrogen functional groups attached to an aromatic ring is 1. The molecule has 0 saturated heterocycles. The maximum absolute atomic E-state index is 13.6. The molecule has 0 saturated carbocycles. The van der Waals surface area contributed by atoms with Crippen molar-refractivity contribution in [1.29, 1.82) is 0 Å². The summed E-state index contributed by atoms with van der Waals surface area (Å²) in [5.74, 6) is -3.14. The van der Waals surface area contributed by atoms with Gasteiger partial charge in [0.25, 0.3) is 0 Å². The summed E-state index contributed by atoms with van der Waals surface area (Å²) in [5.41, 5.74) is 5.07. The molecule has 4 N–H and O–H groups in total. The lowest BCUT2D eigenvalue weighted by Gasteiger charge is -2.12. The highest BCUT2D eigenvalue weighted by atomic mass is 32.2. The highest BCUT2D eigenvalue weighted by Gasteiger charge is 2.27. The van der Waals surface area contributed by atoms with Crippen molar-refractivity contribution in [3.8, 4) is 0 Å². The van der Waals surface area contributed by atoms with Gasteiger partial charge < -0.3 is 11.1 Å². The van der Waals surface area contributed by atoms with Gasteiger partial charge in [-0.1, -0.05) is 0 Å². The summed E-state index contributed by atoms with van der Waals surface area (Å²) >= 11 is 0. The lowest BCUT2D eigenvalue weighted by Crippen LogP contribution is -2.43. The van der Waals surface area contributed by atoms with E-state index in [0.717, 1.165) is 12.1 Å². The minimum Gasteiger partial charge on any atom is -0.399 e. The van der Waals surface area contributed by atoms with Gasteiger partial charge in [-0.25, -0.2) is 13.6 Å². The van der Waals surface area contributed by atoms with Gasteiger partial charge in [0.05, 0.1) is 10.8 Å². The van der Waals surface area contributed by atoms with E-state index in [9.17, 15) is 22.6 Å². The summed E-state index contributed by atoms with van der Waals surface area (Å²) in [6.07, 6.45) is 0. The van der Waals surface area contributed by atoms with Crippen molar-refractivity contribution < 1.29 is 22.6 Å². The quantitative estimate of drug-likeness (QED) is 0.708. The second kappa shape index (κ2) is 6.42. The molecule has 1 aromatic rings. The number of urea groups is 1. The summed E-state index contributed by atoms with van der Waals surface area (Å²) < 4.78 is 39.2. The van der Waals surface area contributed by atoms with Crippen LogP contribution in [0, 0.1) is 11.6 Å². The largest absolute Gasteiger partial charge is 0.399 e. The Kier molecular flexibility index (Phi) is 5.14. The van der Waals surface area contributed by atoms with E-state index in [2.05, 4.69) is 5.32 Å². The average molecular weight is 305 g/mol. The molecule has 0 aliphatic heterocycles. The van der Waals surface area contributed by atoms with Crippen molar-refractivity contribution in [2.45, 2.75) is 17.1 Å². The number of carbonyl (C=O) groups excluding carboxylic acids is 2. The summed E-state index contributed by atoms with van der Waals surface area (Å²) in [6.45, 7) is 1.18. The van der Waals surface area contributed by atoms with E-state index < -0.39 is 44.5 Å². The predicted octanol–water partition coefficient (Wildman–Crippen LogP) is 0.499. The lowest BCUT2D eigenvalue weighted by atomic mass is 10.3. The zero-order valence-electron chi connectivity index (χ0n) is 10.7. The number of carbonyl (C=O) groups is 2. The topological polar surface area (TPSA) is 101 Å². The fourth-order valence-corrected chi connectivity index (χ4v) is 2.43. The Bertz CT molecular complexity index is 557. The Balaban J connectivity index is 3.01. The van der Waals surface area contributed by atoms with Gasteiger partial charge in [0.2, 0.25) is 5.91 Å². The van der Waals surface area contributed by atoms with Gasteiger partial charge in [-0.2, -0.15) is 0 Å². The summed E-state index contributed by atoms with van der Waals surface area (Å²) in [4.78, 5) is 21.8. The summed E-state index contributed by atoms with van der Waals surface area (Å²) in [7, 11) is -1.02. The molecule has 0 fully saturated rings. The van der Waals surface area contributed by atoms with Crippen LogP contribution in [0.15, 0.2) is 17.0 Å². The molecule has 9 heteroatoms. The van der Waals surface area contributed by atoms with Crippen LogP contribution in [0.3, 0.4) is 0 Å². The van der Waals surface area contributed by atoms with Gasteiger partial charge in [0, 0.05) is 12.7 Å². The number of nitrogens with one attached hydrogen (secondary N) is 2. The number of hydrogen-bond donors (Lipinski definition) is 3. The molecule has 0 bridgehead atoms. The van der Waals surface area contributed by atoms with Crippen molar-refractivity contribution in [2.24, 2.45) is 0 Å². The number of rotatable bonds is 3. The third-order valence-electron chi connectivity index (χ3n) is 2.38. The van der Waals surface area contributed by atoms with Gasteiger partial charge in [0.1, 0.15) is 21.8 Å². The van der Waals surface area contributed by atoms with Crippen molar-refractivity contribution >= 4 is 28.4 Å². The molecule has 1 aromatic carbocycles. The van der Waals surface area contributed by atoms with E-state index in [1.807, 2.05) is 5.32 Å². The number of halogens is 2. The minimum absolute atomic E-state index is 0.164. The number of benzene rings is 1. The molecule has 0 aliphatic carbocycles. The molecule has 6 nitrogen and oxygen atoms in total. The van der Waals surface area contributed by atoms with E-state index in [1.54, 1.807) is 0 Å². The molecule has 0 aromatic heterocycles. The van der Waals surface area contributed by atoms with Crippen LogP contribution in [0.5, 0.6) is 0 Å². The first kappa shape index (κ1) is 16.0. The Morgan fingerprint density at radius 1 is 1.30 bits per heavy atom. The highest BCUT2D eigenvalue weighted by Crippen LogP contribution is 2.22. The van der Waals surface area contributed by atoms with E-state index in [4.69, 9.17) is 5.73 Å². The maximum atomic E-state index is 13.6. The van der Waals surface area contributed by atoms with E-state index >= 15 is 0 Å². The fourth-order valence-electron chi connectivity index (χ4n) is 1.32. The standard InChI is InChI=1S/C11H13F2N3O3S/c1-5(10(17)16-11(18)15-2)20(19)9-7(12)3-6(14)4-8(9)13/h3-5H,14H2,1-2H3,(H2,15,16,17,18). The monoisotopic (exact) mass is 305 g/mol. The van der Waals surface area contributed by atoms with Crippen LogP contribution in [0.1, 0.15) is 6.92 Å². The molecular formula is C11H13F2N3O3S. The number of anilines is 1. The van der Waals surface area contributed by atoms with Crippen molar-refractivity contribution in [3.63, 3.8) is 0 Å². The molecule has 0 radical (unpaired) electrons. The highest BCUT2D eigenvalue weighted by molar-refractivity contribution is 7.86. The minimum atomic E-state index is -2.31. The Morgan fingerprint density at radius 2 is 1.80 bits per heavy atom. The molecular weight excluding hydrogens is 292 g/mol. The molecule has 0 aliphatic rings. The van der Waals surface area contributed by atoms with Crippen LogP contribution in [0.2, 0.25) is 0 Å². The van der Waals surface area contributed by atoms with Crippen molar-refractivity contribution in [3.05, 3.63) is 23.8 Å². The molecule has 2 atom stereocenters. The third kappa shape index (κ3) is 3.50.